The molecule has 0 amide bonds. The van der Waals surface area contributed by atoms with Crippen LogP contribution in [-0.4, -0.2) is 24.9 Å². The van der Waals surface area contributed by atoms with Gasteiger partial charge in [0.25, 0.3) is 0 Å². The van der Waals surface area contributed by atoms with E-state index in [-0.39, 0.29) is 11.9 Å². The zero-order valence-corrected chi connectivity index (χ0v) is 7.12. The second-order valence-electron chi connectivity index (χ2n) is 2.47. The highest BCUT2D eigenvalue weighted by atomic mass is 15.1. The number of aromatic nitrogens is 5. The van der Waals surface area contributed by atoms with Crippen LogP contribution in [0.25, 0.3) is 11.5 Å². The Morgan fingerprint density at radius 1 is 0.929 bits per heavy atom. The largest absolute Gasteiger partial charge is 0.368 e. The van der Waals surface area contributed by atoms with Crippen LogP contribution in [0.3, 0.4) is 0 Å². The van der Waals surface area contributed by atoms with E-state index in [9.17, 15) is 0 Å². The number of hydrogen-bond acceptors (Lipinski definition) is 7. The van der Waals surface area contributed by atoms with Gasteiger partial charge in [-0.3, -0.25) is 4.98 Å². The molecule has 0 aliphatic rings. The first-order valence-corrected chi connectivity index (χ1v) is 3.79. The smallest absolute Gasteiger partial charge is 0.225 e. The number of nitrogens with two attached hydrogens (primary N) is 2. The lowest BCUT2D eigenvalue weighted by Crippen LogP contribution is -2.04. The first-order valence-electron chi connectivity index (χ1n) is 3.79. The monoisotopic (exact) mass is 189 g/mol. The molecule has 2 rings (SSSR count). The fourth-order valence-electron chi connectivity index (χ4n) is 0.938. The molecule has 0 bridgehead atoms. The second-order valence-corrected chi connectivity index (χ2v) is 2.47. The van der Waals surface area contributed by atoms with E-state index < -0.39 is 0 Å². The predicted octanol–water partition coefficient (Wildman–Crippen LogP) is -0.507. The van der Waals surface area contributed by atoms with Crippen LogP contribution in [0.5, 0.6) is 0 Å². The van der Waals surface area contributed by atoms with Crippen molar-refractivity contribution in [3.63, 3.8) is 0 Å². The molecule has 2 aromatic rings. The van der Waals surface area contributed by atoms with Crippen LogP contribution in [0.1, 0.15) is 0 Å². The van der Waals surface area contributed by atoms with Crippen molar-refractivity contribution in [2.24, 2.45) is 0 Å². The molecular weight excluding hydrogens is 182 g/mol. The summed E-state index contributed by atoms with van der Waals surface area (Å²) < 4.78 is 0. The summed E-state index contributed by atoms with van der Waals surface area (Å²) >= 11 is 0. The second kappa shape index (κ2) is 3.21. The van der Waals surface area contributed by atoms with Crippen LogP contribution in [0.15, 0.2) is 18.6 Å². The zero-order valence-electron chi connectivity index (χ0n) is 7.12. The Balaban J connectivity index is 2.52. The van der Waals surface area contributed by atoms with Gasteiger partial charge in [0.05, 0.1) is 6.20 Å². The summed E-state index contributed by atoms with van der Waals surface area (Å²) in [5.74, 6) is 0.458. The minimum absolute atomic E-state index is 0.0677. The summed E-state index contributed by atoms with van der Waals surface area (Å²) in [6.45, 7) is 0. The van der Waals surface area contributed by atoms with E-state index in [2.05, 4.69) is 24.9 Å². The van der Waals surface area contributed by atoms with Crippen LogP contribution in [0.2, 0.25) is 0 Å². The van der Waals surface area contributed by atoms with Crippen molar-refractivity contribution in [2.45, 2.75) is 0 Å². The molecule has 4 N–H and O–H groups in total. The van der Waals surface area contributed by atoms with Crippen molar-refractivity contribution in [1.82, 2.24) is 24.9 Å². The maximum absolute atomic E-state index is 5.41. The van der Waals surface area contributed by atoms with Crippen LogP contribution in [0, 0.1) is 0 Å². The van der Waals surface area contributed by atoms with Gasteiger partial charge < -0.3 is 11.5 Å². The average molecular weight is 189 g/mol. The molecule has 14 heavy (non-hydrogen) atoms. The topological polar surface area (TPSA) is 116 Å². The SMILES string of the molecule is Nc1nc(N)nc(-c2cnccn2)n1. The number of nitrogen functional groups attached to an aromatic ring is 2. The minimum atomic E-state index is 0.0677. The van der Waals surface area contributed by atoms with Crippen molar-refractivity contribution in [2.75, 3.05) is 11.5 Å². The Bertz CT molecular complexity index is 421. The molecule has 0 saturated heterocycles. The molecule has 0 spiro atoms. The van der Waals surface area contributed by atoms with Gasteiger partial charge in [-0.2, -0.15) is 15.0 Å². The highest BCUT2D eigenvalue weighted by molar-refractivity contribution is 5.50. The van der Waals surface area contributed by atoms with Gasteiger partial charge in [0, 0.05) is 12.4 Å². The van der Waals surface area contributed by atoms with E-state index >= 15 is 0 Å². The van der Waals surface area contributed by atoms with Crippen LogP contribution in [-0.2, 0) is 0 Å². The molecule has 2 heterocycles. The Morgan fingerprint density at radius 3 is 2.21 bits per heavy atom. The summed E-state index contributed by atoms with van der Waals surface area (Å²) in [5.41, 5.74) is 11.3. The third kappa shape index (κ3) is 1.56. The Hall–Kier alpha value is -2.31. The van der Waals surface area contributed by atoms with Crippen molar-refractivity contribution in [3.8, 4) is 11.5 Å². The van der Waals surface area contributed by atoms with Crippen LogP contribution < -0.4 is 11.5 Å². The maximum atomic E-state index is 5.41. The Kier molecular flexibility index (Phi) is 1.90. The summed E-state index contributed by atoms with van der Waals surface area (Å²) in [6.07, 6.45) is 4.61. The van der Waals surface area contributed by atoms with Gasteiger partial charge in [0.15, 0.2) is 5.82 Å². The third-order valence-electron chi connectivity index (χ3n) is 1.46. The van der Waals surface area contributed by atoms with Gasteiger partial charge in [-0.15, -0.1) is 0 Å². The summed E-state index contributed by atoms with van der Waals surface area (Å²) in [7, 11) is 0. The van der Waals surface area contributed by atoms with Crippen LogP contribution >= 0.6 is 0 Å². The standard InChI is InChI=1S/C7H7N7/c8-6-12-5(13-7(9)14-6)4-3-10-1-2-11-4/h1-3H,(H4,8,9,12,13,14). The molecular formula is C7H7N7. The molecule has 2 aromatic heterocycles. The number of nitrogens with zero attached hydrogens (tertiary/aromatic N) is 5. The van der Waals surface area contributed by atoms with Crippen molar-refractivity contribution >= 4 is 11.9 Å². The van der Waals surface area contributed by atoms with Crippen molar-refractivity contribution in [1.29, 1.82) is 0 Å². The van der Waals surface area contributed by atoms with Crippen molar-refractivity contribution in [3.05, 3.63) is 18.6 Å². The molecule has 0 aliphatic carbocycles. The molecule has 0 atom stereocenters. The lowest BCUT2D eigenvalue weighted by atomic mass is 10.4. The summed E-state index contributed by atoms with van der Waals surface area (Å²) in [6, 6.07) is 0. The molecule has 0 saturated carbocycles. The van der Waals surface area contributed by atoms with Gasteiger partial charge in [0.1, 0.15) is 5.69 Å². The number of hydrogen-bond donors (Lipinski definition) is 2. The zero-order chi connectivity index (χ0) is 9.97. The van der Waals surface area contributed by atoms with E-state index in [1.807, 2.05) is 0 Å². The van der Waals surface area contributed by atoms with Gasteiger partial charge in [-0.05, 0) is 0 Å². The molecule has 0 unspecified atom stereocenters. The molecule has 0 aromatic carbocycles. The average Bonchev–Trinajstić information content (AvgIpc) is 2.18. The number of anilines is 2. The van der Waals surface area contributed by atoms with E-state index in [1.54, 1.807) is 6.20 Å². The predicted molar refractivity (Wildman–Crippen MR) is 49.7 cm³/mol. The highest BCUT2D eigenvalue weighted by Crippen LogP contribution is 2.10. The van der Waals surface area contributed by atoms with E-state index in [0.717, 1.165) is 0 Å². The van der Waals surface area contributed by atoms with Gasteiger partial charge in [-0.25, -0.2) is 4.98 Å². The molecule has 0 fully saturated rings. The molecule has 7 heteroatoms. The van der Waals surface area contributed by atoms with E-state index in [0.29, 0.717) is 11.5 Å². The fourth-order valence-corrected chi connectivity index (χ4v) is 0.938. The van der Waals surface area contributed by atoms with Crippen molar-refractivity contribution < 1.29 is 0 Å². The third-order valence-corrected chi connectivity index (χ3v) is 1.46. The Labute approximate surface area is 79.3 Å². The molecule has 0 aliphatic heterocycles. The number of rotatable bonds is 1. The quantitative estimate of drug-likeness (QED) is 0.620. The Morgan fingerprint density at radius 2 is 1.64 bits per heavy atom. The first kappa shape index (κ1) is 8.30. The molecule has 0 radical (unpaired) electrons. The van der Waals surface area contributed by atoms with E-state index in [4.69, 9.17) is 11.5 Å². The summed E-state index contributed by atoms with van der Waals surface area (Å²) in [5, 5.41) is 0. The lowest BCUT2D eigenvalue weighted by molar-refractivity contribution is 1.06. The van der Waals surface area contributed by atoms with Gasteiger partial charge in [-0.1, -0.05) is 0 Å². The summed E-state index contributed by atoms with van der Waals surface area (Å²) in [4.78, 5) is 19.3. The lowest BCUT2D eigenvalue weighted by Gasteiger charge is -1.99. The molecule has 70 valence electrons. The highest BCUT2D eigenvalue weighted by Gasteiger charge is 2.05. The first-order chi connectivity index (χ1) is 6.75. The minimum Gasteiger partial charge on any atom is -0.368 e. The maximum Gasteiger partial charge on any atom is 0.225 e. The normalized spacial score (nSPS) is 10.0. The fraction of sp³-hybridized carbons (Fsp3) is 0. The van der Waals surface area contributed by atoms with Gasteiger partial charge in [0.2, 0.25) is 11.9 Å². The molecule has 7 nitrogen and oxygen atoms in total. The van der Waals surface area contributed by atoms with Crippen LogP contribution in [0.4, 0.5) is 11.9 Å². The van der Waals surface area contributed by atoms with E-state index in [1.165, 1.54) is 12.4 Å². The van der Waals surface area contributed by atoms with Gasteiger partial charge >= 0.3 is 0 Å².